The number of ether oxygens (including phenoxy) is 3. The molecule has 44 heavy (non-hydrogen) atoms. The summed E-state index contributed by atoms with van der Waals surface area (Å²) in [6.07, 6.45) is 4.82. The third-order valence-corrected chi connectivity index (χ3v) is 8.96. The minimum Gasteiger partial charge on any atom is -0.494 e. The van der Waals surface area contributed by atoms with Crippen LogP contribution in [0, 0.1) is 12.8 Å². The summed E-state index contributed by atoms with van der Waals surface area (Å²) in [7, 11) is 0. The number of hydrogen-bond acceptors (Lipinski definition) is 6. The van der Waals surface area contributed by atoms with E-state index in [0.717, 1.165) is 71.4 Å². The van der Waals surface area contributed by atoms with E-state index in [9.17, 15) is 14.7 Å². The molecule has 5 rings (SSSR count). The van der Waals surface area contributed by atoms with Crippen LogP contribution in [-0.4, -0.2) is 48.4 Å². The van der Waals surface area contributed by atoms with Crippen molar-refractivity contribution in [2.24, 2.45) is 5.92 Å². The van der Waals surface area contributed by atoms with Crippen molar-refractivity contribution in [2.45, 2.75) is 71.8 Å². The molecule has 2 aliphatic rings. The molecule has 0 aliphatic carbocycles. The monoisotopic (exact) mass is 600 g/mol. The molecule has 0 saturated carbocycles. The van der Waals surface area contributed by atoms with Crippen molar-refractivity contribution in [2.75, 3.05) is 31.8 Å². The van der Waals surface area contributed by atoms with E-state index in [2.05, 4.69) is 26.1 Å². The normalized spacial score (nSPS) is 19.2. The molecule has 2 N–H and O–H groups in total. The Morgan fingerprint density at radius 2 is 1.70 bits per heavy atom. The molecule has 1 saturated heterocycles. The van der Waals surface area contributed by atoms with Crippen molar-refractivity contribution < 1.29 is 28.9 Å². The smallest absolute Gasteiger partial charge is 0.309 e. The second-order valence-electron chi connectivity index (χ2n) is 11.7. The predicted molar refractivity (Wildman–Crippen MR) is 171 cm³/mol. The SMILES string of the molecule is CCCCCOc1ccc([C@H]2C(C(=O)O)[C@@H](c3ccc4c(c3C)OCO4)CN2CC(=O)Nc2c(CC)cccc2CC)cc1. The van der Waals surface area contributed by atoms with Crippen LogP contribution in [0.1, 0.15) is 79.8 Å². The topological polar surface area (TPSA) is 97.3 Å². The summed E-state index contributed by atoms with van der Waals surface area (Å²) in [6.45, 7) is 9.52. The van der Waals surface area contributed by atoms with E-state index in [0.29, 0.717) is 24.7 Å². The Balaban J connectivity index is 1.47. The molecule has 1 fully saturated rings. The van der Waals surface area contributed by atoms with Crippen LogP contribution >= 0.6 is 0 Å². The predicted octanol–water partition coefficient (Wildman–Crippen LogP) is 6.90. The third kappa shape index (κ3) is 6.55. The van der Waals surface area contributed by atoms with Crippen LogP contribution < -0.4 is 19.5 Å². The number of para-hydroxylation sites is 1. The van der Waals surface area contributed by atoms with E-state index in [1.165, 1.54) is 0 Å². The van der Waals surface area contributed by atoms with E-state index in [1.54, 1.807) is 0 Å². The van der Waals surface area contributed by atoms with Gasteiger partial charge in [-0.05, 0) is 72.2 Å². The average Bonchev–Trinajstić information content (AvgIpc) is 3.65. The molecule has 2 heterocycles. The maximum absolute atomic E-state index is 13.7. The van der Waals surface area contributed by atoms with Gasteiger partial charge in [0.15, 0.2) is 11.5 Å². The number of aryl methyl sites for hydroxylation is 2. The Kier molecular flexibility index (Phi) is 10.1. The van der Waals surface area contributed by atoms with Gasteiger partial charge in [0.05, 0.1) is 19.1 Å². The lowest BCUT2D eigenvalue weighted by Gasteiger charge is -2.27. The van der Waals surface area contributed by atoms with Crippen LogP contribution in [0.3, 0.4) is 0 Å². The maximum Gasteiger partial charge on any atom is 0.309 e. The molecule has 3 aromatic carbocycles. The fourth-order valence-corrected chi connectivity index (χ4v) is 6.71. The lowest BCUT2D eigenvalue weighted by atomic mass is 9.81. The molecular formula is C36H44N2O6. The second-order valence-corrected chi connectivity index (χ2v) is 11.7. The summed E-state index contributed by atoms with van der Waals surface area (Å²) < 4.78 is 17.2. The Labute approximate surface area is 260 Å². The molecule has 0 radical (unpaired) electrons. The number of likely N-dealkylation sites (tertiary alicyclic amines) is 1. The number of anilines is 1. The van der Waals surface area contributed by atoms with Gasteiger partial charge in [-0.15, -0.1) is 0 Å². The van der Waals surface area contributed by atoms with Crippen LogP contribution in [0.25, 0.3) is 0 Å². The number of benzene rings is 3. The molecule has 0 aromatic heterocycles. The van der Waals surface area contributed by atoms with Gasteiger partial charge in [0.1, 0.15) is 5.75 Å². The van der Waals surface area contributed by atoms with Crippen molar-refractivity contribution in [1.29, 1.82) is 0 Å². The fourth-order valence-electron chi connectivity index (χ4n) is 6.71. The number of carbonyl (C=O) groups is 2. The Morgan fingerprint density at radius 3 is 2.36 bits per heavy atom. The minimum absolute atomic E-state index is 0.0605. The van der Waals surface area contributed by atoms with Crippen molar-refractivity contribution in [3.63, 3.8) is 0 Å². The van der Waals surface area contributed by atoms with Gasteiger partial charge < -0.3 is 24.6 Å². The van der Waals surface area contributed by atoms with Crippen molar-refractivity contribution in [3.8, 4) is 17.2 Å². The van der Waals surface area contributed by atoms with E-state index in [1.807, 2.05) is 66.4 Å². The first-order valence-electron chi connectivity index (χ1n) is 15.8. The van der Waals surface area contributed by atoms with Crippen LogP contribution in [0.15, 0.2) is 54.6 Å². The number of carbonyl (C=O) groups excluding carboxylic acids is 1. The zero-order chi connectivity index (χ0) is 31.2. The van der Waals surface area contributed by atoms with Gasteiger partial charge in [-0.1, -0.05) is 70.0 Å². The molecule has 8 nitrogen and oxygen atoms in total. The molecule has 3 aromatic rings. The number of nitrogens with one attached hydrogen (secondary N) is 1. The van der Waals surface area contributed by atoms with E-state index in [4.69, 9.17) is 14.2 Å². The molecular weight excluding hydrogens is 556 g/mol. The molecule has 0 bridgehead atoms. The quantitative estimate of drug-likeness (QED) is 0.206. The van der Waals surface area contributed by atoms with Crippen LogP contribution in [-0.2, 0) is 22.4 Å². The molecule has 234 valence electrons. The molecule has 1 amide bonds. The number of aliphatic carboxylic acids is 1. The largest absolute Gasteiger partial charge is 0.494 e. The van der Waals surface area contributed by atoms with Crippen LogP contribution in [0.2, 0.25) is 0 Å². The third-order valence-electron chi connectivity index (χ3n) is 8.96. The summed E-state index contributed by atoms with van der Waals surface area (Å²) in [5.74, 6) is -0.123. The highest BCUT2D eigenvalue weighted by molar-refractivity contribution is 5.94. The van der Waals surface area contributed by atoms with Crippen molar-refractivity contribution in [3.05, 3.63) is 82.4 Å². The summed E-state index contributed by atoms with van der Waals surface area (Å²) >= 11 is 0. The van der Waals surface area contributed by atoms with Crippen LogP contribution in [0.4, 0.5) is 5.69 Å². The highest BCUT2D eigenvalue weighted by atomic mass is 16.7. The van der Waals surface area contributed by atoms with Gasteiger partial charge in [-0.3, -0.25) is 14.5 Å². The lowest BCUT2D eigenvalue weighted by molar-refractivity contribution is -0.143. The average molecular weight is 601 g/mol. The van der Waals surface area contributed by atoms with Gasteiger partial charge in [-0.25, -0.2) is 0 Å². The number of carboxylic acid groups (broad SMARTS) is 1. The minimum atomic E-state index is -0.899. The first-order valence-corrected chi connectivity index (χ1v) is 15.8. The molecule has 3 atom stereocenters. The van der Waals surface area contributed by atoms with Crippen molar-refractivity contribution >= 4 is 17.6 Å². The standard InChI is InChI=1S/C36H44N2O6/c1-5-8-9-19-42-27-15-13-26(14-16-27)34-32(36(40)41)29(28-17-18-30-35(23(28)4)44-22-43-30)20-38(34)21-31(39)37-33-24(6-2)11-10-12-25(33)7-3/h10-18,29,32,34H,5-9,19-22H2,1-4H3,(H,37,39)(H,40,41)/t29-,32?,34+/m1/s1. The number of fused-ring (bicyclic) bond motifs is 1. The number of rotatable bonds is 13. The van der Waals surface area contributed by atoms with Gasteiger partial charge in [0.25, 0.3) is 0 Å². The highest BCUT2D eigenvalue weighted by Gasteiger charge is 2.48. The number of carboxylic acids is 1. The number of amides is 1. The number of unbranched alkanes of at least 4 members (excludes halogenated alkanes) is 2. The molecule has 8 heteroatoms. The zero-order valence-corrected chi connectivity index (χ0v) is 26.2. The van der Waals surface area contributed by atoms with Gasteiger partial charge >= 0.3 is 5.97 Å². The number of hydrogen-bond donors (Lipinski definition) is 2. The summed E-state index contributed by atoms with van der Waals surface area (Å²) in [4.78, 5) is 28.8. The van der Waals surface area contributed by atoms with E-state index < -0.39 is 17.9 Å². The zero-order valence-electron chi connectivity index (χ0n) is 26.2. The van der Waals surface area contributed by atoms with Crippen molar-refractivity contribution in [1.82, 2.24) is 4.90 Å². The lowest BCUT2D eigenvalue weighted by Crippen LogP contribution is -2.35. The Hall–Kier alpha value is -4.04. The molecule has 2 aliphatic heterocycles. The van der Waals surface area contributed by atoms with Gasteiger partial charge in [-0.2, -0.15) is 0 Å². The van der Waals surface area contributed by atoms with E-state index in [-0.39, 0.29) is 25.2 Å². The first kappa shape index (κ1) is 31.4. The Morgan fingerprint density at radius 1 is 0.977 bits per heavy atom. The first-order chi connectivity index (χ1) is 21.4. The summed E-state index contributed by atoms with van der Waals surface area (Å²) in [5, 5.41) is 13.9. The Bertz CT molecular complexity index is 1450. The summed E-state index contributed by atoms with van der Waals surface area (Å²) in [5.41, 5.74) is 5.65. The second kappa shape index (κ2) is 14.2. The highest BCUT2D eigenvalue weighted by Crippen LogP contribution is 2.49. The molecule has 0 spiro atoms. The number of nitrogens with zero attached hydrogens (tertiary/aromatic N) is 1. The van der Waals surface area contributed by atoms with Crippen LogP contribution in [0.5, 0.6) is 17.2 Å². The summed E-state index contributed by atoms with van der Waals surface area (Å²) in [6, 6.07) is 17.1. The van der Waals surface area contributed by atoms with Gasteiger partial charge in [0.2, 0.25) is 12.7 Å². The van der Waals surface area contributed by atoms with Gasteiger partial charge in [0, 0.05) is 24.2 Å². The molecule has 1 unspecified atom stereocenters. The van der Waals surface area contributed by atoms with E-state index >= 15 is 0 Å². The maximum atomic E-state index is 13.7. The fraction of sp³-hybridized carbons (Fsp3) is 0.444.